The van der Waals surface area contributed by atoms with E-state index in [-0.39, 0.29) is 19.7 Å². The molecule has 5 nitrogen and oxygen atoms in total. The lowest BCUT2D eigenvalue weighted by Gasteiger charge is -2.23. The van der Waals surface area contributed by atoms with Crippen LogP contribution in [0.1, 0.15) is 5.56 Å². The van der Waals surface area contributed by atoms with Crippen LogP contribution in [0.15, 0.2) is 12.3 Å². The fourth-order valence-electron chi connectivity index (χ4n) is 1.35. The second-order valence-corrected chi connectivity index (χ2v) is 3.14. The Labute approximate surface area is 91.9 Å². The highest BCUT2D eigenvalue weighted by Gasteiger charge is 2.16. The molecule has 1 aromatic rings. The van der Waals surface area contributed by atoms with Crippen molar-refractivity contribution in [3.63, 3.8) is 0 Å². The normalized spacial score (nSPS) is 10.8. The minimum Gasteiger partial charge on any atom is -0.395 e. The Morgan fingerprint density at radius 3 is 2.81 bits per heavy atom. The van der Waals surface area contributed by atoms with Gasteiger partial charge in [-0.1, -0.05) is 0 Å². The number of nitrogens with two attached hydrogens (primary N) is 1. The molecule has 0 radical (unpaired) electrons. The largest absolute Gasteiger partial charge is 0.395 e. The molecular weight excluding hydrogens is 218 g/mol. The standard InChI is InChI=1S/C9H14F2N4O/c10-8(11)6-15(3-4-16)9-7(5-12)1-2-13-14-9/h1-2,8,16H,3-6,12H2. The molecule has 0 aromatic carbocycles. The van der Waals surface area contributed by atoms with Gasteiger partial charge in [-0.15, -0.1) is 5.10 Å². The summed E-state index contributed by atoms with van der Waals surface area (Å²) in [5.41, 5.74) is 6.10. The number of halogens is 2. The fraction of sp³-hybridized carbons (Fsp3) is 0.556. The first-order valence-corrected chi connectivity index (χ1v) is 4.83. The van der Waals surface area contributed by atoms with Crippen LogP contribution in [0.2, 0.25) is 0 Å². The van der Waals surface area contributed by atoms with Crippen molar-refractivity contribution in [1.29, 1.82) is 0 Å². The van der Waals surface area contributed by atoms with Gasteiger partial charge in [-0.2, -0.15) is 5.10 Å². The maximum absolute atomic E-state index is 12.3. The van der Waals surface area contributed by atoms with Crippen molar-refractivity contribution in [2.45, 2.75) is 13.0 Å². The van der Waals surface area contributed by atoms with Crippen molar-refractivity contribution in [1.82, 2.24) is 10.2 Å². The predicted octanol–water partition coefficient (Wildman–Crippen LogP) is -0.000900. The van der Waals surface area contributed by atoms with E-state index >= 15 is 0 Å². The summed E-state index contributed by atoms with van der Waals surface area (Å²) in [6, 6.07) is 1.62. The number of hydrogen-bond acceptors (Lipinski definition) is 5. The minimum absolute atomic E-state index is 0.0794. The summed E-state index contributed by atoms with van der Waals surface area (Å²) in [4.78, 5) is 1.28. The minimum atomic E-state index is -2.50. The van der Waals surface area contributed by atoms with Crippen molar-refractivity contribution in [2.24, 2.45) is 5.73 Å². The first-order chi connectivity index (χ1) is 7.69. The van der Waals surface area contributed by atoms with E-state index in [1.807, 2.05) is 0 Å². The van der Waals surface area contributed by atoms with E-state index in [1.54, 1.807) is 6.07 Å². The Hall–Kier alpha value is -1.34. The average molecular weight is 232 g/mol. The zero-order valence-corrected chi connectivity index (χ0v) is 8.68. The summed E-state index contributed by atoms with van der Waals surface area (Å²) >= 11 is 0. The molecule has 7 heteroatoms. The molecule has 0 amide bonds. The predicted molar refractivity (Wildman–Crippen MR) is 55.2 cm³/mol. The van der Waals surface area contributed by atoms with Gasteiger partial charge >= 0.3 is 0 Å². The summed E-state index contributed by atoms with van der Waals surface area (Å²) in [5, 5.41) is 16.2. The number of hydrogen-bond donors (Lipinski definition) is 2. The summed E-state index contributed by atoms with van der Waals surface area (Å²) in [6.45, 7) is -0.453. The number of anilines is 1. The number of aliphatic hydroxyl groups excluding tert-OH is 1. The Morgan fingerprint density at radius 1 is 1.50 bits per heavy atom. The highest BCUT2D eigenvalue weighted by Crippen LogP contribution is 2.16. The maximum atomic E-state index is 12.3. The van der Waals surface area contributed by atoms with E-state index < -0.39 is 13.0 Å². The lowest BCUT2D eigenvalue weighted by molar-refractivity contribution is 0.152. The second-order valence-electron chi connectivity index (χ2n) is 3.14. The van der Waals surface area contributed by atoms with E-state index in [4.69, 9.17) is 10.8 Å². The van der Waals surface area contributed by atoms with Crippen molar-refractivity contribution < 1.29 is 13.9 Å². The van der Waals surface area contributed by atoms with E-state index in [1.165, 1.54) is 11.1 Å². The smallest absolute Gasteiger partial charge is 0.255 e. The van der Waals surface area contributed by atoms with Crippen molar-refractivity contribution >= 4 is 5.82 Å². The first kappa shape index (κ1) is 12.7. The Balaban J connectivity index is 2.90. The van der Waals surface area contributed by atoms with Crippen LogP contribution >= 0.6 is 0 Å². The Bertz CT molecular complexity index is 324. The third-order valence-corrected chi connectivity index (χ3v) is 2.03. The molecule has 16 heavy (non-hydrogen) atoms. The molecule has 0 aliphatic carbocycles. The molecule has 0 unspecified atom stereocenters. The maximum Gasteiger partial charge on any atom is 0.255 e. The van der Waals surface area contributed by atoms with Gasteiger partial charge in [-0.25, -0.2) is 8.78 Å². The van der Waals surface area contributed by atoms with Crippen LogP contribution in [0.25, 0.3) is 0 Å². The van der Waals surface area contributed by atoms with Gasteiger partial charge in [0.1, 0.15) is 0 Å². The van der Waals surface area contributed by atoms with Crippen LogP contribution < -0.4 is 10.6 Å². The van der Waals surface area contributed by atoms with Gasteiger partial charge in [0.15, 0.2) is 5.82 Å². The molecule has 0 aliphatic rings. The summed E-state index contributed by atoms with van der Waals surface area (Å²) in [5.74, 6) is 0.305. The molecule has 0 bridgehead atoms. The molecule has 0 atom stereocenters. The molecular formula is C9H14F2N4O. The monoisotopic (exact) mass is 232 g/mol. The highest BCUT2D eigenvalue weighted by molar-refractivity contribution is 5.45. The summed E-state index contributed by atoms with van der Waals surface area (Å²) in [7, 11) is 0. The van der Waals surface area contributed by atoms with Crippen molar-refractivity contribution in [3.05, 3.63) is 17.8 Å². The topological polar surface area (TPSA) is 75.3 Å². The first-order valence-electron chi connectivity index (χ1n) is 4.83. The molecule has 90 valence electrons. The van der Waals surface area contributed by atoms with Gasteiger partial charge in [-0.05, 0) is 6.07 Å². The molecule has 3 N–H and O–H groups in total. The third kappa shape index (κ3) is 3.35. The van der Waals surface area contributed by atoms with Gasteiger partial charge in [0.25, 0.3) is 6.43 Å². The molecule has 0 saturated heterocycles. The molecule has 1 aromatic heterocycles. The summed E-state index contributed by atoms with van der Waals surface area (Å²) in [6.07, 6.45) is -1.05. The lowest BCUT2D eigenvalue weighted by atomic mass is 10.2. The van der Waals surface area contributed by atoms with Crippen molar-refractivity contribution in [3.8, 4) is 0 Å². The zero-order chi connectivity index (χ0) is 12.0. The van der Waals surface area contributed by atoms with Gasteiger partial charge < -0.3 is 15.7 Å². The summed E-state index contributed by atoms with van der Waals surface area (Å²) < 4.78 is 24.7. The van der Waals surface area contributed by atoms with Crippen LogP contribution in [0, 0.1) is 0 Å². The quantitative estimate of drug-likeness (QED) is 0.722. The van der Waals surface area contributed by atoms with E-state index in [0.717, 1.165) is 0 Å². The van der Waals surface area contributed by atoms with Crippen LogP contribution in [0.4, 0.5) is 14.6 Å². The molecule has 1 heterocycles. The van der Waals surface area contributed by atoms with Gasteiger partial charge in [0.05, 0.1) is 19.3 Å². The molecule has 0 spiro atoms. The number of rotatable bonds is 6. The van der Waals surface area contributed by atoms with Gasteiger partial charge in [0.2, 0.25) is 0 Å². The van der Waals surface area contributed by atoms with Crippen LogP contribution in [0.5, 0.6) is 0 Å². The lowest BCUT2D eigenvalue weighted by Crippen LogP contribution is -2.33. The SMILES string of the molecule is NCc1ccnnc1N(CCO)CC(F)F. The molecule has 0 fully saturated rings. The van der Waals surface area contributed by atoms with E-state index in [2.05, 4.69) is 10.2 Å². The van der Waals surface area contributed by atoms with Gasteiger partial charge in [-0.3, -0.25) is 0 Å². The highest BCUT2D eigenvalue weighted by atomic mass is 19.3. The van der Waals surface area contributed by atoms with Crippen LogP contribution in [-0.4, -0.2) is 41.4 Å². The average Bonchev–Trinajstić information content (AvgIpc) is 2.28. The zero-order valence-electron chi connectivity index (χ0n) is 8.68. The van der Waals surface area contributed by atoms with Crippen LogP contribution in [-0.2, 0) is 6.54 Å². The number of aliphatic hydroxyl groups is 1. The molecule has 0 aliphatic heterocycles. The van der Waals surface area contributed by atoms with E-state index in [0.29, 0.717) is 11.4 Å². The van der Waals surface area contributed by atoms with Gasteiger partial charge in [0, 0.05) is 18.7 Å². The van der Waals surface area contributed by atoms with Crippen molar-refractivity contribution in [2.75, 3.05) is 24.6 Å². The number of nitrogens with zero attached hydrogens (tertiary/aromatic N) is 3. The molecule has 0 saturated carbocycles. The fourth-order valence-corrected chi connectivity index (χ4v) is 1.35. The van der Waals surface area contributed by atoms with Crippen LogP contribution in [0.3, 0.4) is 0 Å². The molecule has 1 rings (SSSR count). The second kappa shape index (κ2) is 6.29. The Kier molecular flexibility index (Phi) is 5.00. The number of alkyl halides is 2. The van der Waals surface area contributed by atoms with E-state index in [9.17, 15) is 8.78 Å². The third-order valence-electron chi connectivity index (χ3n) is 2.03. The Morgan fingerprint density at radius 2 is 2.25 bits per heavy atom. The number of aromatic nitrogens is 2.